The van der Waals surface area contributed by atoms with Crippen molar-refractivity contribution in [2.24, 2.45) is 0 Å². The predicted octanol–water partition coefficient (Wildman–Crippen LogP) is 0.423. The van der Waals surface area contributed by atoms with Crippen LogP contribution in [-0.4, -0.2) is 56.7 Å². The lowest BCUT2D eigenvalue weighted by molar-refractivity contribution is -0.230. The van der Waals surface area contributed by atoms with Gasteiger partial charge in [0.05, 0.1) is 12.7 Å². The third-order valence-electron chi connectivity index (χ3n) is 3.81. The van der Waals surface area contributed by atoms with Crippen molar-refractivity contribution in [2.75, 3.05) is 6.61 Å². The van der Waals surface area contributed by atoms with Gasteiger partial charge in [0.2, 0.25) is 0 Å². The van der Waals surface area contributed by atoms with Crippen LogP contribution in [0.25, 0.3) is 0 Å². The van der Waals surface area contributed by atoms with Gasteiger partial charge in [-0.2, -0.15) is 0 Å². The van der Waals surface area contributed by atoms with Gasteiger partial charge in [0.25, 0.3) is 7.82 Å². The average Bonchev–Trinajstić information content (AvgIpc) is 2.61. The molecule has 5 unspecified atom stereocenters. The SMILES string of the molecule is CC(O)(C=CC1CC=CC(=O)O1)C(CC(O)C=CC=CC=CCO)OP(=O)([O-])O. The summed E-state index contributed by atoms with van der Waals surface area (Å²) in [6.45, 7) is 1.13. The Morgan fingerprint density at radius 2 is 2.10 bits per heavy atom. The van der Waals surface area contributed by atoms with Crippen molar-refractivity contribution in [2.45, 2.75) is 43.7 Å². The van der Waals surface area contributed by atoms with Crippen LogP contribution in [0, 0.1) is 0 Å². The number of aliphatic hydroxyl groups is 3. The minimum absolute atomic E-state index is 0.106. The molecule has 0 aromatic heterocycles. The van der Waals surface area contributed by atoms with E-state index in [4.69, 9.17) is 14.7 Å². The van der Waals surface area contributed by atoms with Gasteiger partial charge in [0.1, 0.15) is 17.8 Å². The van der Waals surface area contributed by atoms with E-state index in [0.717, 1.165) is 0 Å². The number of phosphoric acid groups is 1. The maximum Gasteiger partial charge on any atom is 0.331 e. The standard InChI is InChI=1S/C19H27O9P/c1-19(23,12-11-16-9-7-10-18(22)27-16)17(28-29(24,25)26)14-15(21)8-5-3-2-4-6-13-20/h2-8,10-12,15-17,20-21,23H,9,13-14H2,1H3,(H2,24,25,26)/p-1. The first kappa shape index (κ1) is 25.2. The second-order valence-corrected chi connectivity index (χ2v) is 7.59. The molecular formula is C19H26O9P-. The summed E-state index contributed by atoms with van der Waals surface area (Å²) >= 11 is 0. The van der Waals surface area contributed by atoms with Crippen molar-refractivity contribution < 1.29 is 43.7 Å². The molecule has 0 spiro atoms. The molecular weight excluding hydrogens is 403 g/mol. The van der Waals surface area contributed by atoms with E-state index in [2.05, 4.69) is 4.52 Å². The van der Waals surface area contributed by atoms with Crippen molar-refractivity contribution in [1.29, 1.82) is 0 Å². The molecule has 0 saturated carbocycles. The molecule has 0 bridgehead atoms. The van der Waals surface area contributed by atoms with E-state index in [1.165, 1.54) is 43.4 Å². The Hall–Kier alpha value is -1.84. The smallest absolute Gasteiger partial charge is 0.331 e. The van der Waals surface area contributed by atoms with Crippen LogP contribution in [-0.2, 0) is 18.6 Å². The molecule has 0 amide bonds. The molecule has 1 rings (SSSR count). The number of cyclic esters (lactones) is 1. The van der Waals surface area contributed by atoms with Gasteiger partial charge in [-0.3, -0.25) is 4.57 Å². The van der Waals surface area contributed by atoms with Crippen molar-refractivity contribution in [3.8, 4) is 0 Å². The van der Waals surface area contributed by atoms with Crippen molar-refractivity contribution in [3.05, 3.63) is 60.8 Å². The van der Waals surface area contributed by atoms with Crippen LogP contribution >= 0.6 is 7.82 Å². The van der Waals surface area contributed by atoms with E-state index in [-0.39, 0.29) is 13.0 Å². The Labute approximate surface area is 169 Å². The number of carbonyl (C=O) groups excluding carboxylic acids is 1. The topological polar surface area (TPSA) is 157 Å². The molecule has 29 heavy (non-hydrogen) atoms. The van der Waals surface area contributed by atoms with Gasteiger partial charge < -0.3 is 34.4 Å². The zero-order valence-corrected chi connectivity index (χ0v) is 16.8. The number of hydrogen-bond donors (Lipinski definition) is 4. The third-order valence-corrected chi connectivity index (χ3v) is 4.34. The molecule has 0 fully saturated rings. The summed E-state index contributed by atoms with van der Waals surface area (Å²) in [7, 11) is -5.21. The average molecular weight is 429 g/mol. The number of phosphoric ester groups is 1. The Morgan fingerprint density at radius 3 is 2.72 bits per heavy atom. The third kappa shape index (κ3) is 11.1. The zero-order valence-electron chi connectivity index (χ0n) is 15.9. The molecule has 0 aromatic rings. The van der Waals surface area contributed by atoms with Gasteiger partial charge in [-0.15, -0.1) is 0 Å². The molecule has 9 nitrogen and oxygen atoms in total. The lowest BCUT2D eigenvalue weighted by Gasteiger charge is -2.34. The van der Waals surface area contributed by atoms with Crippen LogP contribution < -0.4 is 4.89 Å². The van der Waals surface area contributed by atoms with E-state index in [1.54, 1.807) is 24.3 Å². The van der Waals surface area contributed by atoms with Gasteiger partial charge in [0, 0.05) is 18.9 Å². The van der Waals surface area contributed by atoms with Crippen LogP contribution in [0.3, 0.4) is 0 Å². The Morgan fingerprint density at radius 1 is 1.41 bits per heavy atom. The van der Waals surface area contributed by atoms with Gasteiger partial charge in [0.15, 0.2) is 0 Å². The number of carbonyl (C=O) groups is 1. The summed E-state index contributed by atoms with van der Waals surface area (Å²) < 4.78 is 20.8. The maximum atomic E-state index is 11.2. The fourth-order valence-electron chi connectivity index (χ4n) is 2.37. The van der Waals surface area contributed by atoms with Crippen LogP contribution in [0.15, 0.2) is 60.8 Å². The number of hydrogen-bond acceptors (Lipinski definition) is 8. The molecule has 0 saturated heterocycles. The molecule has 1 aliphatic heterocycles. The highest BCUT2D eigenvalue weighted by atomic mass is 31.2. The Balaban J connectivity index is 2.84. The van der Waals surface area contributed by atoms with E-state index < -0.39 is 37.7 Å². The highest BCUT2D eigenvalue weighted by Gasteiger charge is 2.34. The molecule has 1 aliphatic rings. The molecule has 5 atom stereocenters. The quantitative estimate of drug-likeness (QED) is 0.158. The van der Waals surface area contributed by atoms with Crippen molar-refractivity contribution >= 4 is 13.8 Å². The normalized spacial score (nSPS) is 24.2. The molecule has 162 valence electrons. The minimum atomic E-state index is -5.21. The van der Waals surface area contributed by atoms with Gasteiger partial charge in [-0.25, -0.2) is 4.79 Å². The predicted molar refractivity (Wildman–Crippen MR) is 103 cm³/mol. The largest absolute Gasteiger partial charge is 0.756 e. The molecule has 0 radical (unpaired) electrons. The summed E-state index contributed by atoms with van der Waals surface area (Å²) in [6.07, 6.45) is 11.2. The molecule has 1 heterocycles. The fraction of sp³-hybridized carbons (Fsp3) is 0.421. The van der Waals surface area contributed by atoms with E-state index >= 15 is 0 Å². The lowest BCUT2D eigenvalue weighted by atomic mass is 9.93. The van der Waals surface area contributed by atoms with Crippen LogP contribution in [0.5, 0.6) is 0 Å². The number of esters is 1. The highest BCUT2D eigenvalue weighted by molar-refractivity contribution is 7.44. The van der Waals surface area contributed by atoms with Crippen LogP contribution in [0.1, 0.15) is 19.8 Å². The molecule has 0 aliphatic carbocycles. The lowest BCUT2D eigenvalue weighted by Crippen LogP contribution is -2.42. The number of aliphatic hydroxyl groups excluding tert-OH is 2. The molecule has 4 N–H and O–H groups in total. The van der Waals surface area contributed by atoms with E-state index in [9.17, 15) is 24.5 Å². The highest BCUT2D eigenvalue weighted by Crippen LogP contribution is 2.37. The van der Waals surface area contributed by atoms with Gasteiger partial charge in [-0.1, -0.05) is 48.6 Å². The number of rotatable bonds is 11. The van der Waals surface area contributed by atoms with Crippen LogP contribution in [0.2, 0.25) is 0 Å². The summed E-state index contributed by atoms with van der Waals surface area (Å²) in [5, 5.41) is 29.3. The Bertz CT molecular complexity index is 715. The van der Waals surface area contributed by atoms with Gasteiger partial charge in [-0.05, 0) is 13.0 Å². The number of allylic oxidation sites excluding steroid dienone is 4. The first-order valence-corrected chi connectivity index (χ1v) is 10.3. The first-order chi connectivity index (χ1) is 13.5. The summed E-state index contributed by atoms with van der Waals surface area (Å²) in [5.74, 6) is -0.541. The number of ether oxygens (including phenoxy) is 1. The zero-order chi connectivity index (χ0) is 21.9. The van der Waals surface area contributed by atoms with Crippen molar-refractivity contribution in [3.63, 3.8) is 0 Å². The monoisotopic (exact) mass is 429 g/mol. The summed E-state index contributed by atoms with van der Waals surface area (Å²) in [4.78, 5) is 31.5. The van der Waals surface area contributed by atoms with Crippen molar-refractivity contribution in [1.82, 2.24) is 0 Å². The van der Waals surface area contributed by atoms with Gasteiger partial charge >= 0.3 is 5.97 Å². The molecule has 10 heteroatoms. The first-order valence-electron chi connectivity index (χ1n) is 8.83. The maximum absolute atomic E-state index is 11.2. The Kier molecular flexibility index (Phi) is 10.4. The van der Waals surface area contributed by atoms with Crippen LogP contribution in [0.4, 0.5) is 0 Å². The fourth-order valence-corrected chi connectivity index (χ4v) is 2.99. The molecule has 0 aromatic carbocycles. The summed E-state index contributed by atoms with van der Waals surface area (Å²) in [6, 6.07) is 0. The van der Waals surface area contributed by atoms with E-state index in [0.29, 0.717) is 6.42 Å². The minimum Gasteiger partial charge on any atom is -0.756 e. The summed E-state index contributed by atoms with van der Waals surface area (Å²) in [5.41, 5.74) is -1.91. The van der Waals surface area contributed by atoms with E-state index in [1.807, 2.05) is 0 Å². The second kappa shape index (κ2) is 12.0. The second-order valence-electron chi connectivity index (χ2n) is 6.44.